The van der Waals surface area contributed by atoms with Gasteiger partial charge >= 0.3 is 0 Å². The predicted octanol–water partition coefficient (Wildman–Crippen LogP) is 3.39. The van der Waals surface area contributed by atoms with Gasteiger partial charge in [0.25, 0.3) is 0 Å². The first kappa shape index (κ1) is 11.5. The van der Waals surface area contributed by atoms with Crippen LogP contribution in [-0.2, 0) is 6.54 Å². The van der Waals surface area contributed by atoms with E-state index in [0.717, 1.165) is 23.7 Å². The molecule has 0 fully saturated rings. The van der Waals surface area contributed by atoms with E-state index in [2.05, 4.69) is 25.2 Å². The van der Waals surface area contributed by atoms with Crippen LogP contribution in [-0.4, -0.2) is 6.54 Å². The molecule has 0 heterocycles. The number of halogens is 1. The summed E-state index contributed by atoms with van der Waals surface area (Å²) in [5.74, 6) is 0.679. The lowest BCUT2D eigenvalue weighted by Crippen LogP contribution is -2.19. The third kappa shape index (κ3) is 3.32. The summed E-state index contributed by atoms with van der Waals surface area (Å²) < 4.78 is 0. The zero-order valence-electron chi connectivity index (χ0n) is 9.10. The maximum atomic E-state index is 6.17. The van der Waals surface area contributed by atoms with Gasteiger partial charge in [0, 0.05) is 11.6 Å². The quantitative estimate of drug-likeness (QED) is 0.805. The average Bonchev–Trinajstić information content (AvgIpc) is 2.12. The van der Waals surface area contributed by atoms with Crippen molar-refractivity contribution >= 4 is 11.6 Å². The Morgan fingerprint density at radius 1 is 1.36 bits per heavy atom. The highest BCUT2D eigenvalue weighted by Gasteiger charge is 2.02. The Bertz CT molecular complexity index is 294. The van der Waals surface area contributed by atoms with E-state index in [1.54, 1.807) is 0 Å². The zero-order chi connectivity index (χ0) is 10.6. The van der Waals surface area contributed by atoms with Crippen LogP contribution in [0.3, 0.4) is 0 Å². The molecule has 0 aliphatic carbocycles. The van der Waals surface area contributed by atoms with Gasteiger partial charge in [-0.15, -0.1) is 0 Å². The minimum atomic E-state index is 0.679. The van der Waals surface area contributed by atoms with E-state index in [0.29, 0.717) is 5.92 Å². The first-order valence-corrected chi connectivity index (χ1v) is 5.43. The van der Waals surface area contributed by atoms with Crippen molar-refractivity contribution in [2.24, 2.45) is 5.92 Å². The highest BCUT2D eigenvalue weighted by Crippen LogP contribution is 2.19. The van der Waals surface area contributed by atoms with Crippen molar-refractivity contribution in [1.82, 2.24) is 5.32 Å². The molecule has 0 spiro atoms. The smallest absolute Gasteiger partial charge is 0.0480 e. The van der Waals surface area contributed by atoms with Gasteiger partial charge in [-0.05, 0) is 30.5 Å². The largest absolute Gasteiger partial charge is 0.312 e. The van der Waals surface area contributed by atoms with Crippen LogP contribution in [0, 0.1) is 12.8 Å². The van der Waals surface area contributed by atoms with Crippen molar-refractivity contribution in [3.63, 3.8) is 0 Å². The minimum Gasteiger partial charge on any atom is -0.312 e. The van der Waals surface area contributed by atoms with Gasteiger partial charge in [0.2, 0.25) is 0 Å². The molecule has 1 rings (SSSR count). The molecule has 1 N–H and O–H groups in total. The maximum Gasteiger partial charge on any atom is 0.0480 e. The van der Waals surface area contributed by atoms with Gasteiger partial charge in [-0.3, -0.25) is 0 Å². The Labute approximate surface area is 91.5 Å². The fourth-order valence-electron chi connectivity index (χ4n) is 1.34. The summed E-state index contributed by atoms with van der Waals surface area (Å²) >= 11 is 6.17. The van der Waals surface area contributed by atoms with Gasteiger partial charge in [-0.25, -0.2) is 0 Å². The van der Waals surface area contributed by atoms with E-state index in [-0.39, 0.29) is 0 Å². The van der Waals surface area contributed by atoms with E-state index in [9.17, 15) is 0 Å². The SMILES string of the molecule is Cc1cccc(CNCC(C)C)c1Cl. The van der Waals surface area contributed by atoms with E-state index in [1.807, 2.05) is 19.1 Å². The average molecular weight is 212 g/mol. The van der Waals surface area contributed by atoms with Gasteiger partial charge in [0.1, 0.15) is 0 Å². The van der Waals surface area contributed by atoms with Crippen LogP contribution in [0.5, 0.6) is 0 Å². The van der Waals surface area contributed by atoms with Gasteiger partial charge in [0.15, 0.2) is 0 Å². The second-order valence-corrected chi connectivity index (χ2v) is 4.45. The molecule has 0 aliphatic heterocycles. The van der Waals surface area contributed by atoms with Crippen molar-refractivity contribution in [3.05, 3.63) is 34.3 Å². The molecule has 0 atom stereocenters. The fourth-order valence-corrected chi connectivity index (χ4v) is 1.53. The number of hydrogen-bond donors (Lipinski definition) is 1. The predicted molar refractivity (Wildman–Crippen MR) is 62.7 cm³/mol. The number of nitrogens with one attached hydrogen (secondary N) is 1. The molecule has 0 radical (unpaired) electrons. The van der Waals surface area contributed by atoms with Crippen molar-refractivity contribution < 1.29 is 0 Å². The third-order valence-corrected chi connectivity index (χ3v) is 2.68. The minimum absolute atomic E-state index is 0.679. The second kappa shape index (κ2) is 5.38. The summed E-state index contributed by atoms with van der Waals surface area (Å²) in [5.41, 5.74) is 2.34. The molecule has 0 aromatic heterocycles. The normalized spacial score (nSPS) is 10.9. The fraction of sp³-hybridized carbons (Fsp3) is 0.500. The van der Waals surface area contributed by atoms with Crippen LogP contribution >= 0.6 is 11.6 Å². The Morgan fingerprint density at radius 2 is 2.07 bits per heavy atom. The molecule has 0 amide bonds. The van der Waals surface area contributed by atoms with Crippen LogP contribution in [0.15, 0.2) is 18.2 Å². The van der Waals surface area contributed by atoms with E-state index in [4.69, 9.17) is 11.6 Å². The molecule has 0 unspecified atom stereocenters. The molecule has 1 nitrogen and oxygen atoms in total. The van der Waals surface area contributed by atoms with Crippen LogP contribution < -0.4 is 5.32 Å². The standard InChI is InChI=1S/C12H18ClN/c1-9(2)7-14-8-11-6-4-5-10(3)12(11)13/h4-6,9,14H,7-8H2,1-3H3. The molecule has 1 aromatic rings. The number of rotatable bonds is 4. The van der Waals surface area contributed by atoms with Crippen LogP contribution in [0.25, 0.3) is 0 Å². The maximum absolute atomic E-state index is 6.17. The molecule has 0 saturated heterocycles. The summed E-state index contributed by atoms with van der Waals surface area (Å²) in [4.78, 5) is 0. The van der Waals surface area contributed by atoms with Gasteiger partial charge in [-0.1, -0.05) is 43.6 Å². The molecule has 0 aliphatic rings. The lowest BCUT2D eigenvalue weighted by atomic mass is 10.1. The first-order valence-electron chi connectivity index (χ1n) is 5.06. The highest BCUT2D eigenvalue weighted by molar-refractivity contribution is 6.32. The van der Waals surface area contributed by atoms with E-state index in [1.165, 1.54) is 5.56 Å². The van der Waals surface area contributed by atoms with Gasteiger partial charge in [-0.2, -0.15) is 0 Å². The number of aryl methyl sites for hydroxylation is 1. The van der Waals surface area contributed by atoms with E-state index < -0.39 is 0 Å². The molecule has 0 bridgehead atoms. The molecule has 78 valence electrons. The molecular weight excluding hydrogens is 194 g/mol. The monoisotopic (exact) mass is 211 g/mol. The molecule has 1 aromatic carbocycles. The molecule has 14 heavy (non-hydrogen) atoms. The highest BCUT2D eigenvalue weighted by atomic mass is 35.5. The van der Waals surface area contributed by atoms with Crippen molar-refractivity contribution in [2.45, 2.75) is 27.3 Å². The summed E-state index contributed by atoms with van der Waals surface area (Å²) in [5, 5.41) is 4.28. The third-order valence-electron chi connectivity index (χ3n) is 2.14. The zero-order valence-corrected chi connectivity index (χ0v) is 9.86. The Morgan fingerprint density at radius 3 is 2.71 bits per heavy atom. The Hall–Kier alpha value is -0.530. The summed E-state index contributed by atoms with van der Waals surface area (Å²) in [6.45, 7) is 8.33. The summed E-state index contributed by atoms with van der Waals surface area (Å²) in [6.07, 6.45) is 0. The van der Waals surface area contributed by atoms with E-state index >= 15 is 0 Å². The molecular formula is C12H18ClN. The summed E-state index contributed by atoms with van der Waals surface area (Å²) in [7, 11) is 0. The second-order valence-electron chi connectivity index (χ2n) is 4.07. The summed E-state index contributed by atoms with van der Waals surface area (Å²) in [6, 6.07) is 6.16. The number of benzene rings is 1. The first-order chi connectivity index (χ1) is 6.61. The Balaban J connectivity index is 2.54. The van der Waals surface area contributed by atoms with Gasteiger partial charge in [0.05, 0.1) is 0 Å². The van der Waals surface area contributed by atoms with Crippen LogP contribution in [0.4, 0.5) is 0 Å². The van der Waals surface area contributed by atoms with Crippen molar-refractivity contribution in [1.29, 1.82) is 0 Å². The van der Waals surface area contributed by atoms with Gasteiger partial charge < -0.3 is 5.32 Å². The number of hydrogen-bond acceptors (Lipinski definition) is 1. The molecule has 2 heteroatoms. The lowest BCUT2D eigenvalue weighted by molar-refractivity contribution is 0.552. The molecule has 0 saturated carbocycles. The van der Waals surface area contributed by atoms with Crippen molar-refractivity contribution in [3.8, 4) is 0 Å². The Kier molecular flexibility index (Phi) is 4.43. The van der Waals surface area contributed by atoms with Crippen molar-refractivity contribution in [2.75, 3.05) is 6.54 Å². The lowest BCUT2D eigenvalue weighted by Gasteiger charge is -2.09. The topological polar surface area (TPSA) is 12.0 Å². The van der Waals surface area contributed by atoms with Crippen LogP contribution in [0.1, 0.15) is 25.0 Å². The van der Waals surface area contributed by atoms with Crippen LogP contribution in [0.2, 0.25) is 5.02 Å².